The molecule has 3 aromatic rings. The minimum absolute atomic E-state index is 0.212. The average Bonchev–Trinajstić information content (AvgIpc) is 3.43. The van der Waals surface area contributed by atoms with Gasteiger partial charge in [0.05, 0.1) is 5.69 Å². The maximum absolute atomic E-state index is 12.2. The van der Waals surface area contributed by atoms with E-state index in [4.69, 9.17) is 4.84 Å². The number of oxime groups is 1. The molecule has 0 spiro atoms. The van der Waals surface area contributed by atoms with Gasteiger partial charge in [-0.1, -0.05) is 65.8 Å². The first-order chi connectivity index (χ1) is 13.7. The van der Waals surface area contributed by atoms with Crippen molar-refractivity contribution in [2.45, 2.75) is 12.5 Å². The van der Waals surface area contributed by atoms with E-state index in [-0.39, 0.29) is 17.5 Å². The molecule has 8 heteroatoms. The fraction of sp³-hybridized carbons (Fsp3) is 0.100. The van der Waals surface area contributed by atoms with Crippen molar-refractivity contribution in [2.24, 2.45) is 5.16 Å². The van der Waals surface area contributed by atoms with Crippen LogP contribution in [0.3, 0.4) is 0 Å². The highest BCUT2D eigenvalue weighted by Crippen LogP contribution is 2.26. The van der Waals surface area contributed by atoms with Crippen molar-refractivity contribution in [1.29, 1.82) is 0 Å². The van der Waals surface area contributed by atoms with Crippen LogP contribution in [0.2, 0.25) is 0 Å². The molecule has 4 rings (SSSR count). The van der Waals surface area contributed by atoms with Gasteiger partial charge in [-0.15, -0.1) is 0 Å². The summed E-state index contributed by atoms with van der Waals surface area (Å²) in [6.45, 7) is 0. The number of benzene rings is 2. The molecule has 8 nitrogen and oxygen atoms in total. The molecule has 0 bridgehead atoms. The Labute approximate surface area is 160 Å². The third kappa shape index (κ3) is 3.75. The molecule has 0 saturated heterocycles. The molecule has 1 aromatic heterocycles. The van der Waals surface area contributed by atoms with Crippen molar-refractivity contribution in [3.8, 4) is 11.3 Å². The van der Waals surface area contributed by atoms with Gasteiger partial charge >= 0.3 is 0 Å². The minimum atomic E-state index is -0.519. The number of carbonyl (C=O) groups is 2. The van der Waals surface area contributed by atoms with Crippen LogP contribution in [0, 0.1) is 0 Å². The summed E-state index contributed by atoms with van der Waals surface area (Å²) >= 11 is 0. The highest BCUT2D eigenvalue weighted by Gasteiger charge is 2.27. The fourth-order valence-corrected chi connectivity index (χ4v) is 2.81. The second-order valence-electron chi connectivity index (χ2n) is 6.19. The second-order valence-corrected chi connectivity index (χ2v) is 6.19. The zero-order valence-corrected chi connectivity index (χ0v) is 14.8. The third-order valence-electron chi connectivity index (χ3n) is 4.28. The SMILES string of the molecule is O=C(NNC(=O)c1cc(-c2ccccc2)n[nH]1)C1=NOC(c2ccccc2)C1. The van der Waals surface area contributed by atoms with Gasteiger partial charge in [-0.3, -0.25) is 25.5 Å². The lowest BCUT2D eigenvalue weighted by Gasteiger charge is -2.07. The minimum Gasteiger partial charge on any atom is -0.387 e. The monoisotopic (exact) mass is 375 g/mol. The predicted molar refractivity (Wildman–Crippen MR) is 102 cm³/mol. The molecule has 140 valence electrons. The van der Waals surface area contributed by atoms with Gasteiger partial charge in [-0.25, -0.2) is 0 Å². The second kappa shape index (κ2) is 7.75. The first kappa shape index (κ1) is 17.5. The maximum Gasteiger partial charge on any atom is 0.287 e. The van der Waals surface area contributed by atoms with Crippen LogP contribution in [-0.2, 0) is 9.63 Å². The van der Waals surface area contributed by atoms with Crippen molar-refractivity contribution in [3.63, 3.8) is 0 Å². The molecule has 2 heterocycles. The van der Waals surface area contributed by atoms with E-state index >= 15 is 0 Å². The van der Waals surface area contributed by atoms with Crippen LogP contribution in [0.1, 0.15) is 28.6 Å². The number of aromatic amines is 1. The Kier molecular flexibility index (Phi) is 4.83. The van der Waals surface area contributed by atoms with Crippen molar-refractivity contribution in [3.05, 3.63) is 78.0 Å². The van der Waals surface area contributed by atoms with Crippen LogP contribution in [0.15, 0.2) is 71.9 Å². The lowest BCUT2D eigenvalue weighted by Crippen LogP contribution is -2.44. The first-order valence-corrected chi connectivity index (χ1v) is 8.70. The van der Waals surface area contributed by atoms with Crippen LogP contribution in [0.4, 0.5) is 0 Å². The first-order valence-electron chi connectivity index (χ1n) is 8.70. The van der Waals surface area contributed by atoms with E-state index in [1.807, 2.05) is 60.7 Å². The predicted octanol–water partition coefficient (Wildman–Crippen LogP) is 2.36. The van der Waals surface area contributed by atoms with Crippen molar-refractivity contribution in [1.82, 2.24) is 21.0 Å². The summed E-state index contributed by atoms with van der Waals surface area (Å²) in [6, 6.07) is 20.6. The smallest absolute Gasteiger partial charge is 0.287 e. The van der Waals surface area contributed by atoms with E-state index in [0.29, 0.717) is 12.1 Å². The highest BCUT2D eigenvalue weighted by atomic mass is 16.6. The topological polar surface area (TPSA) is 108 Å². The molecule has 1 aliphatic heterocycles. The van der Waals surface area contributed by atoms with E-state index in [9.17, 15) is 9.59 Å². The van der Waals surface area contributed by atoms with Gasteiger partial charge < -0.3 is 4.84 Å². The van der Waals surface area contributed by atoms with Gasteiger partial charge in [0.1, 0.15) is 5.69 Å². The third-order valence-corrected chi connectivity index (χ3v) is 4.28. The number of hydrogen-bond acceptors (Lipinski definition) is 5. The molecule has 2 aromatic carbocycles. The number of nitrogens with zero attached hydrogens (tertiary/aromatic N) is 2. The van der Waals surface area contributed by atoms with Crippen molar-refractivity contribution >= 4 is 17.5 Å². The van der Waals surface area contributed by atoms with Gasteiger partial charge in [0, 0.05) is 12.0 Å². The van der Waals surface area contributed by atoms with Crippen LogP contribution < -0.4 is 10.9 Å². The van der Waals surface area contributed by atoms with Gasteiger partial charge in [0.25, 0.3) is 11.8 Å². The molecular formula is C20H17N5O3. The van der Waals surface area contributed by atoms with Crippen molar-refractivity contribution < 1.29 is 14.4 Å². The Hall–Kier alpha value is -3.94. The largest absolute Gasteiger partial charge is 0.387 e. The Bertz CT molecular complexity index is 1010. The number of amides is 2. The highest BCUT2D eigenvalue weighted by molar-refractivity contribution is 6.39. The zero-order chi connectivity index (χ0) is 19.3. The molecule has 2 amide bonds. The Balaban J connectivity index is 1.32. The fourth-order valence-electron chi connectivity index (χ4n) is 2.81. The molecule has 0 radical (unpaired) electrons. The van der Waals surface area contributed by atoms with Crippen LogP contribution in [-0.4, -0.2) is 27.7 Å². The van der Waals surface area contributed by atoms with E-state index in [1.54, 1.807) is 6.07 Å². The van der Waals surface area contributed by atoms with E-state index < -0.39 is 11.8 Å². The van der Waals surface area contributed by atoms with Crippen LogP contribution in [0.25, 0.3) is 11.3 Å². The van der Waals surface area contributed by atoms with Crippen molar-refractivity contribution in [2.75, 3.05) is 0 Å². The Morgan fingerprint density at radius 3 is 2.39 bits per heavy atom. The average molecular weight is 375 g/mol. The quantitative estimate of drug-likeness (QED) is 0.608. The van der Waals surface area contributed by atoms with Gasteiger partial charge in [-0.2, -0.15) is 5.10 Å². The van der Waals surface area contributed by atoms with Crippen LogP contribution in [0.5, 0.6) is 0 Å². The molecule has 28 heavy (non-hydrogen) atoms. The lowest BCUT2D eigenvalue weighted by atomic mass is 10.0. The number of hydrogen-bond donors (Lipinski definition) is 3. The summed E-state index contributed by atoms with van der Waals surface area (Å²) in [6.07, 6.45) is 0.0205. The molecule has 1 atom stereocenters. The summed E-state index contributed by atoms with van der Waals surface area (Å²) in [4.78, 5) is 29.8. The molecule has 0 aliphatic carbocycles. The molecule has 1 unspecified atom stereocenters. The number of hydrazine groups is 1. The van der Waals surface area contributed by atoms with E-state index in [1.165, 1.54) is 0 Å². The summed E-state index contributed by atoms with van der Waals surface area (Å²) in [5, 5.41) is 10.6. The molecule has 1 aliphatic rings. The van der Waals surface area contributed by atoms with Crippen LogP contribution >= 0.6 is 0 Å². The van der Waals surface area contributed by atoms with Gasteiger partial charge in [0.15, 0.2) is 11.8 Å². The van der Waals surface area contributed by atoms with Gasteiger partial charge in [-0.05, 0) is 11.6 Å². The van der Waals surface area contributed by atoms with E-state index in [2.05, 4.69) is 26.2 Å². The Morgan fingerprint density at radius 1 is 0.964 bits per heavy atom. The van der Waals surface area contributed by atoms with E-state index in [0.717, 1.165) is 11.1 Å². The maximum atomic E-state index is 12.2. The summed E-state index contributed by atoms with van der Waals surface area (Å²) in [5.74, 6) is -1.03. The molecule has 0 saturated carbocycles. The summed E-state index contributed by atoms with van der Waals surface area (Å²) in [5.41, 5.74) is 7.59. The lowest BCUT2D eigenvalue weighted by molar-refractivity contribution is -0.115. The molecule has 0 fully saturated rings. The number of H-pyrrole nitrogens is 1. The molecular weight excluding hydrogens is 358 g/mol. The number of carbonyl (C=O) groups excluding carboxylic acids is 2. The zero-order valence-electron chi connectivity index (χ0n) is 14.8. The number of nitrogens with one attached hydrogen (secondary N) is 3. The standard InChI is InChI=1S/C20H17N5O3/c26-19(16-11-15(21-22-16)13-7-3-1-4-8-13)23-24-20(27)17-12-18(28-25-17)14-9-5-2-6-10-14/h1-11,18H,12H2,(H,21,22)(H,23,26)(H,24,27). The number of aromatic nitrogens is 2. The Morgan fingerprint density at radius 2 is 1.64 bits per heavy atom. The normalized spacial score (nSPS) is 15.4. The number of rotatable bonds is 4. The molecule has 3 N–H and O–H groups in total. The summed E-state index contributed by atoms with van der Waals surface area (Å²) in [7, 11) is 0. The van der Waals surface area contributed by atoms with Gasteiger partial charge in [0.2, 0.25) is 0 Å². The summed E-state index contributed by atoms with van der Waals surface area (Å²) < 4.78 is 0.